The van der Waals surface area contributed by atoms with Gasteiger partial charge < -0.3 is 15.4 Å². The number of amides is 1. The second-order valence-corrected chi connectivity index (χ2v) is 6.92. The third-order valence-electron chi connectivity index (χ3n) is 4.93. The van der Waals surface area contributed by atoms with Crippen molar-refractivity contribution in [3.05, 3.63) is 35.9 Å². The number of nitrogens with one attached hydrogen (secondary N) is 2. The monoisotopic (exact) mass is 368 g/mol. The molecule has 1 saturated heterocycles. The molecule has 2 rings (SSSR count). The highest BCUT2D eigenvalue weighted by Crippen LogP contribution is 2.22. The summed E-state index contributed by atoms with van der Waals surface area (Å²) >= 11 is 0. The molecule has 0 aromatic heterocycles. The van der Waals surface area contributed by atoms with E-state index in [9.17, 15) is 4.79 Å². The maximum atomic E-state index is 12.0. The number of hydrogen-bond acceptors (Lipinski definition) is 3. The Labute approximate surface area is 158 Å². The number of carbonyl (C=O) groups is 1. The summed E-state index contributed by atoms with van der Waals surface area (Å²) in [6, 6.07) is 10.2. The highest BCUT2D eigenvalue weighted by Gasteiger charge is 2.21. The van der Waals surface area contributed by atoms with E-state index in [1.165, 1.54) is 18.4 Å². The fourth-order valence-corrected chi connectivity index (χ4v) is 3.28. The van der Waals surface area contributed by atoms with Gasteiger partial charge in [-0.3, -0.25) is 4.79 Å². The van der Waals surface area contributed by atoms with Crippen LogP contribution in [0.4, 0.5) is 0 Å². The second-order valence-electron chi connectivity index (χ2n) is 6.92. The van der Waals surface area contributed by atoms with Crippen LogP contribution in [0.15, 0.2) is 30.3 Å². The van der Waals surface area contributed by atoms with Crippen LogP contribution in [0.1, 0.15) is 51.2 Å². The average Bonchev–Trinajstić information content (AvgIpc) is 2.62. The number of carbonyl (C=O) groups excluding carboxylic acids is 1. The Bertz CT molecular complexity index is 478. The predicted molar refractivity (Wildman–Crippen MR) is 105 cm³/mol. The van der Waals surface area contributed by atoms with Crippen LogP contribution in [0.3, 0.4) is 0 Å². The van der Waals surface area contributed by atoms with Gasteiger partial charge in [0.1, 0.15) is 0 Å². The molecular formula is C20H33ClN2O2. The molecule has 1 aromatic carbocycles. The van der Waals surface area contributed by atoms with E-state index in [0.717, 1.165) is 19.5 Å². The normalized spacial score (nSPS) is 19.5. The van der Waals surface area contributed by atoms with Crippen molar-refractivity contribution in [2.75, 3.05) is 26.2 Å². The SMILES string of the molecule is CC(OCCCNC(=O)CC(C)C1CCCNC1)c1ccccc1.Cl. The first-order valence-corrected chi connectivity index (χ1v) is 9.30. The highest BCUT2D eigenvalue weighted by atomic mass is 35.5. The summed E-state index contributed by atoms with van der Waals surface area (Å²) in [6.07, 6.45) is 4.05. The van der Waals surface area contributed by atoms with Crippen LogP contribution < -0.4 is 10.6 Å². The number of rotatable bonds is 9. The summed E-state index contributed by atoms with van der Waals surface area (Å²) in [5.74, 6) is 1.26. The van der Waals surface area contributed by atoms with Crippen LogP contribution in [0.25, 0.3) is 0 Å². The number of hydrogen-bond donors (Lipinski definition) is 2. The van der Waals surface area contributed by atoms with E-state index < -0.39 is 0 Å². The molecule has 142 valence electrons. The zero-order valence-electron chi connectivity index (χ0n) is 15.5. The van der Waals surface area contributed by atoms with Crippen molar-refractivity contribution in [3.8, 4) is 0 Å². The molecule has 1 fully saturated rings. The van der Waals surface area contributed by atoms with Crippen molar-refractivity contribution in [2.24, 2.45) is 11.8 Å². The average molecular weight is 369 g/mol. The van der Waals surface area contributed by atoms with Gasteiger partial charge >= 0.3 is 0 Å². The zero-order valence-corrected chi connectivity index (χ0v) is 16.3. The molecule has 0 spiro atoms. The smallest absolute Gasteiger partial charge is 0.220 e. The van der Waals surface area contributed by atoms with Crippen molar-refractivity contribution < 1.29 is 9.53 Å². The molecule has 1 heterocycles. The van der Waals surface area contributed by atoms with E-state index >= 15 is 0 Å². The lowest BCUT2D eigenvalue weighted by molar-refractivity contribution is -0.122. The van der Waals surface area contributed by atoms with Crippen LogP contribution in [0, 0.1) is 11.8 Å². The summed E-state index contributed by atoms with van der Waals surface area (Å²) in [4.78, 5) is 12.0. The predicted octanol–water partition coefficient (Wildman–Crippen LogP) is 3.72. The first kappa shape index (κ1) is 21.9. The van der Waals surface area contributed by atoms with Crippen molar-refractivity contribution in [1.29, 1.82) is 0 Å². The van der Waals surface area contributed by atoms with E-state index in [4.69, 9.17) is 4.74 Å². The van der Waals surface area contributed by atoms with Gasteiger partial charge in [0.15, 0.2) is 0 Å². The first-order valence-electron chi connectivity index (χ1n) is 9.30. The van der Waals surface area contributed by atoms with Crippen molar-refractivity contribution >= 4 is 18.3 Å². The van der Waals surface area contributed by atoms with E-state index in [2.05, 4.69) is 36.6 Å². The molecule has 2 N–H and O–H groups in total. The molecule has 5 heteroatoms. The molecule has 1 aliphatic heterocycles. The van der Waals surface area contributed by atoms with Gasteiger partial charge in [0, 0.05) is 19.6 Å². The summed E-state index contributed by atoms with van der Waals surface area (Å²) < 4.78 is 5.83. The second kappa shape index (κ2) is 12.3. The third kappa shape index (κ3) is 8.21. The number of ether oxygens (including phenoxy) is 1. The Hall–Kier alpha value is -1.10. The molecule has 4 nitrogen and oxygen atoms in total. The van der Waals surface area contributed by atoms with Crippen molar-refractivity contribution in [2.45, 2.75) is 45.6 Å². The van der Waals surface area contributed by atoms with Crippen molar-refractivity contribution in [3.63, 3.8) is 0 Å². The Morgan fingerprint density at radius 2 is 2.08 bits per heavy atom. The molecule has 25 heavy (non-hydrogen) atoms. The summed E-state index contributed by atoms with van der Waals surface area (Å²) in [7, 11) is 0. The molecule has 1 aliphatic rings. The largest absolute Gasteiger partial charge is 0.374 e. The maximum Gasteiger partial charge on any atom is 0.220 e. The Balaban J connectivity index is 0.00000312. The van der Waals surface area contributed by atoms with E-state index in [1.54, 1.807) is 0 Å². The van der Waals surface area contributed by atoms with Gasteiger partial charge in [-0.05, 0) is 56.7 Å². The van der Waals surface area contributed by atoms with Gasteiger partial charge in [-0.2, -0.15) is 0 Å². The third-order valence-corrected chi connectivity index (χ3v) is 4.93. The number of benzene rings is 1. The van der Waals surface area contributed by atoms with Gasteiger partial charge in [-0.1, -0.05) is 37.3 Å². The van der Waals surface area contributed by atoms with E-state index in [-0.39, 0.29) is 24.4 Å². The quantitative estimate of drug-likeness (QED) is 0.653. The Morgan fingerprint density at radius 3 is 2.76 bits per heavy atom. The van der Waals surface area contributed by atoms with Gasteiger partial charge in [0.2, 0.25) is 5.91 Å². The molecule has 0 radical (unpaired) electrons. The van der Waals surface area contributed by atoms with Crippen LogP contribution in [-0.2, 0) is 9.53 Å². The summed E-state index contributed by atoms with van der Waals surface area (Å²) in [5.41, 5.74) is 1.19. The molecule has 1 amide bonds. The van der Waals surface area contributed by atoms with Crippen LogP contribution in [-0.4, -0.2) is 32.1 Å². The number of piperidine rings is 1. The van der Waals surface area contributed by atoms with Gasteiger partial charge in [-0.25, -0.2) is 0 Å². The molecule has 3 atom stereocenters. The minimum Gasteiger partial charge on any atom is -0.374 e. The first-order chi connectivity index (χ1) is 11.7. The van der Waals surface area contributed by atoms with Crippen LogP contribution in [0.5, 0.6) is 0 Å². The minimum absolute atomic E-state index is 0. The highest BCUT2D eigenvalue weighted by molar-refractivity contribution is 5.85. The van der Waals surface area contributed by atoms with Crippen molar-refractivity contribution in [1.82, 2.24) is 10.6 Å². The topological polar surface area (TPSA) is 50.4 Å². The summed E-state index contributed by atoms with van der Waals surface area (Å²) in [6.45, 7) is 7.79. The molecule has 0 aliphatic carbocycles. The fourth-order valence-electron chi connectivity index (χ4n) is 3.28. The van der Waals surface area contributed by atoms with E-state index in [0.29, 0.717) is 31.4 Å². The number of halogens is 1. The van der Waals surface area contributed by atoms with Crippen LogP contribution >= 0.6 is 12.4 Å². The molecule has 3 unspecified atom stereocenters. The maximum absolute atomic E-state index is 12.0. The molecule has 1 aromatic rings. The van der Waals surface area contributed by atoms with Gasteiger partial charge in [0.05, 0.1) is 6.10 Å². The molecule has 0 bridgehead atoms. The van der Waals surface area contributed by atoms with E-state index in [1.807, 2.05) is 18.2 Å². The molecular weight excluding hydrogens is 336 g/mol. The lowest BCUT2D eigenvalue weighted by Gasteiger charge is -2.28. The van der Waals surface area contributed by atoms with Crippen LogP contribution in [0.2, 0.25) is 0 Å². The zero-order chi connectivity index (χ0) is 17.2. The molecule has 0 saturated carbocycles. The lowest BCUT2D eigenvalue weighted by Crippen LogP contribution is -2.35. The van der Waals surface area contributed by atoms with Gasteiger partial charge in [-0.15, -0.1) is 12.4 Å². The Morgan fingerprint density at radius 1 is 1.32 bits per heavy atom. The standard InChI is InChI=1S/C20H32N2O2.ClH/c1-16(19-10-6-11-21-15-19)14-20(23)22-12-7-13-24-17(2)18-8-4-3-5-9-18;/h3-5,8-9,16-17,19,21H,6-7,10-15H2,1-2H3,(H,22,23);1H. The fraction of sp³-hybridized carbons (Fsp3) is 0.650. The van der Waals surface area contributed by atoms with Gasteiger partial charge in [0.25, 0.3) is 0 Å². The minimum atomic E-state index is 0. The Kier molecular flexibility index (Phi) is 10.8. The lowest BCUT2D eigenvalue weighted by atomic mass is 9.85. The summed E-state index contributed by atoms with van der Waals surface area (Å²) in [5, 5.41) is 6.45.